The maximum absolute atomic E-state index is 13.4. The molecule has 0 aromatic heterocycles. The van der Waals surface area contributed by atoms with Gasteiger partial charge in [0.05, 0.1) is 10.6 Å². The van der Waals surface area contributed by atoms with Crippen molar-refractivity contribution >= 4 is 21.6 Å². The molecule has 0 saturated carbocycles. The van der Waals surface area contributed by atoms with Crippen LogP contribution in [-0.4, -0.2) is 51.9 Å². The van der Waals surface area contributed by atoms with Gasteiger partial charge in [-0.05, 0) is 82.2 Å². The Kier molecular flexibility index (Phi) is 6.59. The summed E-state index contributed by atoms with van der Waals surface area (Å²) in [6.07, 6.45) is 1.74. The van der Waals surface area contributed by atoms with Crippen LogP contribution < -0.4 is 9.62 Å². The van der Waals surface area contributed by atoms with E-state index in [1.54, 1.807) is 42.5 Å². The minimum Gasteiger partial charge on any atom is -0.352 e. The number of amides is 1. The molecule has 1 aliphatic heterocycles. The number of piperidine rings is 1. The lowest BCUT2D eigenvalue weighted by atomic mass is 10.1. The molecule has 7 heteroatoms. The van der Waals surface area contributed by atoms with Gasteiger partial charge in [-0.3, -0.25) is 9.10 Å². The normalized spacial score (nSPS) is 15.8. The van der Waals surface area contributed by atoms with Crippen LogP contribution in [0.1, 0.15) is 24.0 Å². The Balaban J connectivity index is 1.88. The minimum atomic E-state index is -3.87. The summed E-state index contributed by atoms with van der Waals surface area (Å²) in [5.41, 5.74) is 2.40. The Morgan fingerprint density at radius 3 is 2.24 bits per heavy atom. The third kappa shape index (κ3) is 5.36. The monoisotopic (exact) mass is 415 g/mol. The van der Waals surface area contributed by atoms with Crippen LogP contribution in [0.25, 0.3) is 0 Å². The van der Waals surface area contributed by atoms with E-state index in [4.69, 9.17) is 0 Å². The predicted octanol–water partition coefficient (Wildman–Crippen LogP) is 2.71. The zero-order valence-electron chi connectivity index (χ0n) is 17.3. The van der Waals surface area contributed by atoms with Gasteiger partial charge in [0.15, 0.2) is 0 Å². The van der Waals surface area contributed by atoms with Gasteiger partial charge in [-0.2, -0.15) is 0 Å². The molecule has 0 bridgehead atoms. The molecule has 0 spiro atoms. The number of hydrogen-bond donors (Lipinski definition) is 1. The highest BCUT2D eigenvalue weighted by atomic mass is 32.2. The predicted molar refractivity (Wildman–Crippen MR) is 116 cm³/mol. The third-order valence-electron chi connectivity index (χ3n) is 5.20. The molecule has 2 aromatic rings. The highest BCUT2D eigenvalue weighted by Gasteiger charge is 2.28. The van der Waals surface area contributed by atoms with E-state index in [1.807, 2.05) is 19.9 Å². The number of anilines is 1. The number of nitrogens with one attached hydrogen (secondary N) is 1. The SMILES string of the molecule is Cc1cc(C)cc(N(CC(=O)NC2CCN(C)CC2)S(=O)(=O)c2ccccc2)c1. The number of carbonyl (C=O) groups excluding carboxylic acids is 1. The van der Waals surface area contributed by atoms with Crippen molar-refractivity contribution in [1.82, 2.24) is 10.2 Å². The van der Waals surface area contributed by atoms with Crippen LogP contribution >= 0.6 is 0 Å². The minimum absolute atomic E-state index is 0.0826. The Hall–Kier alpha value is -2.38. The van der Waals surface area contributed by atoms with Crippen molar-refractivity contribution in [3.8, 4) is 0 Å². The number of sulfonamides is 1. The number of aryl methyl sites for hydroxylation is 2. The summed E-state index contributed by atoms with van der Waals surface area (Å²) < 4.78 is 27.9. The summed E-state index contributed by atoms with van der Waals surface area (Å²) >= 11 is 0. The third-order valence-corrected chi connectivity index (χ3v) is 6.98. The summed E-state index contributed by atoms with van der Waals surface area (Å²) in [5.74, 6) is -0.279. The number of carbonyl (C=O) groups is 1. The van der Waals surface area contributed by atoms with E-state index in [0.29, 0.717) is 5.69 Å². The molecule has 1 aliphatic rings. The second-order valence-corrected chi connectivity index (χ2v) is 9.68. The Bertz CT molecular complexity index is 932. The van der Waals surface area contributed by atoms with E-state index in [2.05, 4.69) is 17.3 Å². The first kappa shape index (κ1) is 21.3. The molecule has 29 heavy (non-hydrogen) atoms. The quantitative estimate of drug-likeness (QED) is 0.788. The molecule has 1 N–H and O–H groups in total. The molecular formula is C22H29N3O3S. The van der Waals surface area contributed by atoms with Crippen molar-refractivity contribution in [2.45, 2.75) is 37.6 Å². The molecule has 0 atom stereocenters. The molecule has 156 valence electrons. The van der Waals surface area contributed by atoms with E-state index in [-0.39, 0.29) is 23.4 Å². The number of hydrogen-bond acceptors (Lipinski definition) is 4. The molecule has 1 amide bonds. The molecule has 1 saturated heterocycles. The number of nitrogens with zero attached hydrogens (tertiary/aromatic N) is 2. The van der Waals surface area contributed by atoms with Gasteiger partial charge in [-0.1, -0.05) is 24.3 Å². The summed E-state index contributed by atoms with van der Waals surface area (Å²) in [4.78, 5) is 15.2. The zero-order valence-corrected chi connectivity index (χ0v) is 18.1. The fourth-order valence-corrected chi connectivity index (χ4v) is 5.11. The van der Waals surface area contributed by atoms with Gasteiger partial charge in [0.25, 0.3) is 10.0 Å². The van der Waals surface area contributed by atoms with Gasteiger partial charge in [0, 0.05) is 6.04 Å². The largest absolute Gasteiger partial charge is 0.352 e. The fourth-order valence-electron chi connectivity index (χ4n) is 3.69. The molecule has 1 heterocycles. The van der Waals surface area contributed by atoms with Gasteiger partial charge in [-0.25, -0.2) is 8.42 Å². The van der Waals surface area contributed by atoms with Crippen molar-refractivity contribution in [1.29, 1.82) is 0 Å². The number of likely N-dealkylation sites (tertiary alicyclic amines) is 1. The molecule has 3 rings (SSSR count). The van der Waals surface area contributed by atoms with Crippen LogP contribution in [0.2, 0.25) is 0 Å². The summed E-state index contributed by atoms with van der Waals surface area (Å²) in [5, 5.41) is 3.02. The topological polar surface area (TPSA) is 69.7 Å². The van der Waals surface area contributed by atoms with Crippen molar-refractivity contribution in [3.63, 3.8) is 0 Å². The fraction of sp³-hybridized carbons (Fsp3) is 0.409. The van der Waals surface area contributed by atoms with E-state index in [9.17, 15) is 13.2 Å². The summed E-state index contributed by atoms with van der Waals surface area (Å²) in [6.45, 7) is 5.44. The lowest BCUT2D eigenvalue weighted by Crippen LogP contribution is -2.47. The molecule has 1 fully saturated rings. The first-order valence-electron chi connectivity index (χ1n) is 9.90. The van der Waals surface area contributed by atoms with Crippen molar-refractivity contribution in [2.75, 3.05) is 31.0 Å². The molecule has 6 nitrogen and oxygen atoms in total. The Morgan fingerprint density at radius 2 is 1.66 bits per heavy atom. The average molecular weight is 416 g/mol. The van der Waals surface area contributed by atoms with E-state index >= 15 is 0 Å². The standard InChI is InChI=1S/C22H29N3O3S/c1-17-13-18(2)15-20(14-17)25(29(27,28)21-7-5-4-6-8-21)16-22(26)23-19-9-11-24(3)12-10-19/h4-8,13-15,19H,9-12,16H2,1-3H3,(H,23,26). The second kappa shape index (κ2) is 8.97. The maximum Gasteiger partial charge on any atom is 0.264 e. The number of rotatable bonds is 6. The summed E-state index contributed by atoms with van der Waals surface area (Å²) in [6, 6.07) is 13.9. The number of benzene rings is 2. The molecule has 0 aliphatic carbocycles. The molecular weight excluding hydrogens is 386 g/mol. The van der Waals surface area contributed by atoms with Crippen LogP contribution in [0.4, 0.5) is 5.69 Å². The summed E-state index contributed by atoms with van der Waals surface area (Å²) in [7, 11) is -1.81. The van der Waals surface area contributed by atoms with Crippen LogP contribution in [0.3, 0.4) is 0 Å². The molecule has 2 aromatic carbocycles. The van der Waals surface area contributed by atoms with Crippen LogP contribution in [0.5, 0.6) is 0 Å². The van der Waals surface area contributed by atoms with Gasteiger partial charge in [-0.15, -0.1) is 0 Å². The Labute approximate surface area is 173 Å². The van der Waals surface area contributed by atoms with E-state index < -0.39 is 10.0 Å². The zero-order chi connectivity index (χ0) is 21.0. The Morgan fingerprint density at radius 1 is 1.07 bits per heavy atom. The highest BCUT2D eigenvalue weighted by molar-refractivity contribution is 7.92. The maximum atomic E-state index is 13.4. The van der Waals surface area contributed by atoms with Crippen molar-refractivity contribution < 1.29 is 13.2 Å². The highest BCUT2D eigenvalue weighted by Crippen LogP contribution is 2.25. The first-order valence-corrected chi connectivity index (χ1v) is 11.3. The second-order valence-electron chi connectivity index (χ2n) is 7.82. The van der Waals surface area contributed by atoms with Gasteiger partial charge in [0.2, 0.25) is 5.91 Å². The molecule has 0 radical (unpaired) electrons. The van der Waals surface area contributed by atoms with Crippen LogP contribution in [-0.2, 0) is 14.8 Å². The lowest BCUT2D eigenvalue weighted by Gasteiger charge is -2.30. The van der Waals surface area contributed by atoms with Crippen molar-refractivity contribution in [3.05, 3.63) is 59.7 Å². The lowest BCUT2D eigenvalue weighted by molar-refractivity contribution is -0.120. The van der Waals surface area contributed by atoms with E-state index in [0.717, 1.165) is 37.1 Å². The average Bonchev–Trinajstić information content (AvgIpc) is 2.68. The van der Waals surface area contributed by atoms with Crippen LogP contribution in [0.15, 0.2) is 53.4 Å². The van der Waals surface area contributed by atoms with Gasteiger partial charge >= 0.3 is 0 Å². The smallest absolute Gasteiger partial charge is 0.264 e. The first-order chi connectivity index (χ1) is 13.8. The molecule has 0 unspecified atom stereocenters. The van der Waals surface area contributed by atoms with Crippen LogP contribution in [0, 0.1) is 13.8 Å². The van der Waals surface area contributed by atoms with Gasteiger partial charge < -0.3 is 10.2 Å². The van der Waals surface area contributed by atoms with Crippen molar-refractivity contribution in [2.24, 2.45) is 0 Å². The van der Waals surface area contributed by atoms with Gasteiger partial charge in [0.1, 0.15) is 6.54 Å². The van der Waals surface area contributed by atoms with E-state index in [1.165, 1.54) is 4.31 Å².